The second kappa shape index (κ2) is 6.24. The molecule has 0 aliphatic heterocycles. The summed E-state index contributed by atoms with van der Waals surface area (Å²) in [6.45, 7) is 16.3. The van der Waals surface area contributed by atoms with Crippen LogP contribution in [0.15, 0.2) is 12.2 Å². The highest BCUT2D eigenvalue weighted by atomic mass is 15.1. The lowest BCUT2D eigenvalue weighted by Gasteiger charge is -2.23. The quantitative estimate of drug-likeness (QED) is 0.553. The Kier molecular flexibility index (Phi) is 6.09. The van der Waals surface area contributed by atoms with Crippen LogP contribution in [0.4, 0.5) is 0 Å². The minimum absolute atomic E-state index is 0.760. The molecule has 0 bridgehead atoms. The van der Waals surface area contributed by atoms with E-state index in [1.165, 1.54) is 25.1 Å². The third-order valence-electron chi connectivity index (χ3n) is 1.66. The van der Waals surface area contributed by atoms with E-state index in [1.54, 1.807) is 0 Å². The third kappa shape index (κ3) is 6.41. The molecule has 0 N–H and O–H groups in total. The summed E-state index contributed by atoms with van der Waals surface area (Å²) in [6.07, 6.45) is 1.24. The van der Waals surface area contributed by atoms with Gasteiger partial charge in [-0.1, -0.05) is 32.9 Å². The highest BCUT2D eigenvalue weighted by molar-refractivity contribution is 4.91. The van der Waals surface area contributed by atoms with Gasteiger partial charge in [0.1, 0.15) is 0 Å². The second-order valence-corrected chi connectivity index (χ2v) is 4.09. The van der Waals surface area contributed by atoms with Crippen molar-refractivity contribution in [3.8, 4) is 0 Å². The van der Waals surface area contributed by atoms with Crippen molar-refractivity contribution in [1.82, 2.24) is 4.90 Å². The van der Waals surface area contributed by atoms with Gasteiger partial charge in [-0.3, -0.25) is 4.90 Å². The molecule has 0 saturated heterocycles. The number of rotatable bonds is 6. The van der Waals surface area contributed by atoms with Gasteiger partial charge in [0.2, 0.25) is 0 Å². The largest absolute Gasteiger partial charge is 0.299 e. The predicted molar refractivity (Wildman–Crippen MR) is 56.4 cm³/mol. The smallest absolute Gasteiger partial charge is 0.0187 e. The summed E-state index contributed by atoms with van der Waals surface area (Å²) < 4.78 is 0. The molecule has 0 aromatic heterocycles. The molecular formula is C11H23N. The molecule has 0 rings (SSSR count). The number of nitrogens with zero attached hydrogens (tertiary/aromatic N) is 1. The van der Waals surface area contributed by atoms with E-state index in [-0.39, 0.29) is 0 Å². The molecule has 0 spiro atoms. The Morgan fingerprint density at radius 3 is 2.33 bits per heavy atom. The summed E-state index contributed by atoms with van der Waals surface area (Å²) in [5, 5.41) is 0. The SMILES string of the molecule is C=C(C)CN(CCC)CC(C)C. The van der Waals surface area contributed by atoms with E-state index in [1.807, 2.05) is 0 Å². The maximum absolute atomic E-state index is 3.94. The molecule has 12 heavy (non-hydrogen) atoms. The van der Waals surface area contributed by atoms with Gasteiger partial charge in [-0.05, 0) is 25.8 Å². The minimum Gasteiger partial charge on any atom is -0.299 e. The topological polar surface area (TPSA) is 3.24 Å². The van der Waals surface area contributed by atoms with Crippen molar-refractivity contribution in [3.63, 3.8) is 0 Å². The Morgan fingerprint density at radius 1 is 1.42 bits per heavy atom. The molecule has 0 aliphatic carbocycles. The Hall–Kier alpha value is -0.300. The van der Waals surface area contributed by atoms with E-state index in [4.69, 9.17) is 0 Å². The van der Waals surface area contributed by atoms with Crippen molar-refractivity contribution in [2.24, 2.45) is 5.92 Å². The minimum atomic E-state index is 0.760. The molecule has 72 valence electrons. The van der Waals surface area contributed by atoms with Crippen LogP contribution < -0.4 is 0 Å². The van der Waals surface area contributed by atoms with Crippen LogP contribution in [0.5, 0.6) is 0 Å². The lowest BCUT2D eigenvalue weighted by atomic mass is 10.2. The second-order valence-electron chi connectivity index (χ2n) is 4.09. The molecule has 0 aliphatic rings. The van der Waals surface area contributed by atoms with E-state index in [0.717, 1.165) is 12.5 Å². The monoisotopic (exact) mass is 169 g/mol. The van der Waals surface area contributed by atoms with Crippen LogP contribution in [-0.4, -0.2) is 24.5 Å². The molecule has 0 atom stereocenters. The fourth-order valence-electron chi connectivity index (χ4n) is 1.45. The van der Waals surface area contributed by atoms with E-state index in [0.29, 0.717) is 0 Å². The maximum atomic E-state index is 3.94. The number of hydrogen-bond acceptors (Lipinski definition) is 1. The first-order valence-corrected chi connectivity index (χ1v) is 4.93. The summed E-state index contributed by atoms with van der Waals surface area (Å²) in [5.41, 5.74) is 1.27. The van der Waals surface area contributed by atoms with Gasteiger partial charge in [0.15, 0.2) is 0 Å². The van der Waals surface area contributed by atoms with Crippen LogP contribution in [0.3, 0.4) is 0 Å². The van der Waals surface area contributed by atoms with Gasteiger partial charge in [0, 0.05) is 13.1 Å². The van der Waals surface area contributed by atoms with Crippen molar-refractivity contribution in [3.05, 3.63) is 12.2 Å². The fraction of sp³-hybridized carbons (Fsp3) is 0.818. The van der Waals surface area contributed by atoms with E-state index < -0.39 is 0 Å². The average molecular weight is 169 g/mol. The van der Waals surface area contributed by atoms with Crippen molar-refractivity contribution >= 4 is 0 Å². The lowest BCUT2D eigenvalue weighted by Crippen LogP contribution is -2.29. The van der Waals surface area contributed by atoms with E-state index in [2.05, 4.69) is 39.2 Å². The van der Waals surface area contributed by atoms with Crippen LogP contribution in [0.25, 0.3) is 0 Å². The van der Waals surface area contributed by atoms with Gasteiger partial charge in [-0.25, -0.2) is 0 Å². The molecule has 0 heterocycles. The van der Waals surface area contributed by atoms with Gasteiger partial charge in [0.05, 0.1) is 0 Å². The van der Waals surface area contributed by atoms with Crippen LogP contribution in [-0.2, 0) is 0 Å². The van der Waals surface area contributed by atoms with Crippen LogP contribution in [0.1, 0.15) is 34.1 Å². The van der Waals surface area contributed by atoms with Crippen molar-refractivity contribution < 1.29 is 0 Å². The Morgan fingerprint density at radius 2 is 2.00 bits per heavy atom. The summed E-state index contributed by atoms with van der Waals surface area (Å²) in [5.74, 6) is 0.760. The zero-order chi connectivity index (χ0) is 9.56. The van der Waals surface area contributed by atoms with Gasteiger partial charge in [-0.2, -0.15) is 0 Å². The van der Waals surface area contributed by atoms with E-state index in [9.17, 15) is 0 Å². The van der Waals surface area contributed by atoms with Gasteiger partial charge >= 0.3 is 0 Å². The summed E-state index contributed by atoms with van der Waals surface area (Å²) >= 11 is 0. The molecule has 0 fully saturated rings. The van der Waals surface area contributed by atoms with Gasteiger partial charge in [0.25, 0.3) is 0 Å². The van der Waals surface area contributed by atoms with Crippen LogP contribution in [0, 0.1) is 5.92 Å². The Bertz CT molecular complexity index is 127. The van der Waals surface area contributed by atoms with Crippen LogP contribution >= 0.6 is 0 Å². The Balaban J connectivity index is 3.77. The normalized spacial score (nSPS) is 11.2. The molecule has 0 radical (unpaired) electrons. The lowest BCUT2D eigenvalue weighted by molar-refractivity contribution is 0.264. The summed E-state index contributed by atoms with van der Waals surface area (Å²) in [7, 11) is 0. The summed E-state index contributed by atoms with van der Waals surface area (Å²) in [6, 6.07) is 0. The van der Waals surface area contributed by atoms with E-state index >= 15 is 0 Å². The standard InChI is InChI=1S/C11H23N/c1-6-7-12(8-10(2)3)9-11(4)5/h11H,2,6-9H2,1,3-5H3. The number of hydrogen-bond donors (Lipinski definition) is 0. The van der Waals surface area contributed by atoms with Gasteiger partial charge in [-0.15, -0.1) is 0 Å². The first-order valence-electron chi connectivity index (χ1n) is 4.93. The first-order chi connectivity index (χ1) is 5.56. The molecule has 1 nitrogen and oxygen atoms in total. The molecule has 0 amide bonds. The summed E-state index contributed by atoms with van der Waals surface area (Å²) in [4.78, 5) is 2.48. The molecule has 1 heteroatoms. The highest BCUT2D eigenvalue weighted by Crippen LogP contribution is 2.02. The predicted octanol–water partition coefficient (Wildman–Crippen LogP) is 2.93. The average Bonchev–Trinajstić information content (AvgIpc) is 1.84. The zero-order valence-electron chi connectivity index (χ0n) is 9.06. The molecule has 0 aromatic rings. The first kappa shape index (κ1) is 11.7. The maximum Gasteiger partial charge on any atom is 0.0187 e. The Labute approximate surface area is 77.5 Å². The molecule has 0 aromatic carbocycles. The van der Waals surface area contributed by atoms with Gasteiger partial charge < -0.3 is 0 Å². The van der Waals surface area contributed by atoms with Crippen molar-refractivity contribution in [1.29, 1.82) is 0 Å². The molecule has 0 saturated carbocycles. The highest BCUT2D eigenvalue weighted by Gasteiger charge is 2.05. The van der Waals surface area contributed by atoms with Crippen LogP contribution in [0.2, 0.25) is 0 Å². The molecular weight excluding hydrogens is 146 g/mol. The molecule has 0 unspecified atom stereocenters. The van der Waals surface area contributed by atoms with Crippen molar-refractivity contribution in [2.75, 3.05) is 19.6 Å². The fourth-order valence-corrected chi connectivity index (χ4v) is 1.45. The zero-order valence-corrected chi connectivity index (χ0v) is 9.06. The third-order valence-corrected chi connectivity index (χ3v) is 1.66. The van der Waals surface area contributed by atoms with Crippen molar-refractivity contribution in [2.45, 2.75) is 34.1 Å².